The Balaban J connectivity index is 1.83. The molecular formula is C15H19N5O. The number of anilines is 1. The number of nitrogens with zero attached hydrogens (tertiary/aromatic N) is 3. The van der Waals surface area contributed by atoms with E-state index in [1.807, 2.05) is 30.0 Å². The van der Waals surface area contributed by atoms with Crippen LogP contribution >= 0.6 is 0 Å². The summed E-state index contributed by atoms with van der Waals surface area (Å²) in [5.74, 6) is -0.114. The van der Waals surface area contributed by atoms with Crippen molar-refractivity contribution in [2.45, 2.75) is 38.8 Å². The van der Waals surface area contributed by atoms with Crippen molar-refractivity contribution >= 4 is 11.6 Å². The van der Waals surface area contributed by atoms with Gasteiger partial charge < -0.3 is 10.6 Å². The van der Waals surface area contributed by atoms with Gasteiger partial charge in [0.1, 0.15) is 0 Å². The van der Waals surface area contributed by atoms with E-state index in [4.69, 9.17) is 5.73 Å². The Morgan fingerprint density at radius 3 is 2.86 bits per heavy atom. The summed E-state index contributed by atoms with van der Waals surface area (Å²) in [6.45, 7) is 2.47. The summed E-state index contributed by atoms with van der Waals surface area (Å²) in [4.78, 5) is 18.8. The number of aromatic nitrogens is 3. The van der Waals surface area contributed by atoms with Gasteiger partial charge in [0.05, 0.1) is 23.6 Å². The van der Waals surface area contributed by atoms with Gasteiger partial charge in [0.2, 0.25) is 0 Å². The van der Waals surface area contributed by atoms with Gasteiger partial charge in [-0.15, -0.1) is 0 Å². The lowest BCUT2D eigenvalue weighted by Crippen LogP contribution is -2.33. The second-order valence-corrected chi connectivity index (χ2v) is 5.30. The normalized spacial score (nSPS) is 14.1. The Labute approximate surface area is 123 Å². The molecule has 2 heterocycles. The van der Waals surface area contributed by atoms with Gasteiger partial charge >= 0.3 is 0 Å². The Morgan fingerprint density at radius 1 is 1.48 bits per heavy atom. The number of carbonyl (C=O) groups excluding carboxylic acids is 1. The maximum absolute atomic E-state index is 12.7. The summed E-state index contributed by atoms with van der Waals surface area (Å²) in [6, 6.07) is 6.00. The van der Waals surface area contributed by atoms with Gasteiger partial charge in [-0.25, -0.2) is 0 Å². The van der Waals surface area contributed by atoms with Crippen molar-refractivity contribution in [2.75, 3.05) is 5.73 Å². The highest BCUT2D eigenvalue weighted by Gasteiger charge is 2.35. The first-order valence-electron chi connectivity index (χ1n) is 7.24. The Morgan fingerprint density at radius 2 is 2.29 bits per heavy atom. The van der Waals surface area contributed by atoms with Crippen molar-refractivity contribution in [3.05, 3.63) is 41.5 Å². The largest absolute Gasteiger partial charge is 0.395 e. The molecule has 6 nitrogen and oxygen atoms in total. The van der Waals surface area contributed by atoms with E-state index in [-0.39, 0.29) is 11.9 Å². The Hall–Kier alpha value is -2.37. The number of nitrogens with one attached hydrogen (secondary N) is 1. The summed E-state index contributed by atoms with van der Waals surface area (Å²) < 4.78 is 0. The number of pyridine rings is 1. The number of hydrogen-bond acceptors (Lipinski definition) is 4. The van der Waals surface area contributed by atoms with Crippen LogP contribution in [0.1, 0.15) is 41.6 Å². The first-order chi connectivity index (χ1) is 10.2. The van der Waals surface area contributed by atoms with Crippen molar-refractivity contribution in [1.29, 1.82) is 0 Å². The molecule has 1 aliphatic carbocycles. The van der Waals surface area contributed by atoms with E-state index in [0.717, 1.165) is 30.7 Å². The summed E-state index contributed by atoms with van der Waals surface area (Å²) >= 11 is 0. The molecule has 21 heavy (non-hydrogen) atoms. The van der Waals surface area contributed by atoms with E-state index < -0.39 is 0 Å². The summed E-state index contributed by atoms with van der Waals surface area (Å²) in [7, 11) is 0. The maximum Gasteiger partial charge on any atom is 0.277 e. The second kappa shape index (κ2) is 5.55. The van der Waals surface area contributed by atoms with E-state index in [1.54, 1.807) is 6.20 Å². The van der Waals surface area contributed by atoms with Crippen molar-refractivity contribution in [3.8, 4) is 0 Å². The zero-order valence-corrected chi connectivity index (χ0v) is 12.0. The SMILES string of the molecule is CCc1[nH]nc(C(=O)N(Cc2ccccn2)C2CC2)c1N. The average molecular weight is 285 g/mol. The van der Waals surface area contributed by atoms with Crippen molar-refractivity contribution < 1.29 is 4.79 Å². The van der Waals surface area contributed by atoms with Crippen molar-refractivity contribution in [3.63, 3.8) is 0 Å². The standard InChI is InChI=1S/C15H19N5O/c1-2-12-13(16)14(19-18-12)15(21)20(11-6-7-11)9-10-5-3-4-8-17-10/h3-5,8,11H,2,6-7,9,16H2,1H3,(H,18,19). The average Bonchev–Trinajstić information content (AvgIpc) is 3.28. The van der Waals surface area contributed by atoms with E-state index in [2.05, 4.69) is 15.2 Å². The molecule has 110 valence electrons. The monoisotopic (exact) mass is 285 g/mol. The summed E-state index contributed by atoms with van der Waals surface area (Å²) in [6.07, 6.45) is 4.53. The quantitative estimate of drug-likeness (QED) is 0.876. The molecule has 0 bridgehead atoms. The minimum Gasteiger partial charge on any atom is -0.395 e. The first kappa shape index (κ1) is 13.6. The van der Waals surface area contributed by atoms with Crippen LogP contribution in [0.2, 0.25) is 0 Å². The molecule has 0 spiro atoms. The zero-order valence-electron chi connectivity index (χ0n) is 12.0. The molecule has 1 amide bonds. The molecule has 0 radical (unpaired) electrons. The lowest BCUT2D eigenvalue weighted by molar-refractivity contribution is 0.0723. The second-order valence-electron chi connectivity index (χ2n) is 5.30. The maximum atomic E-state index is 12.7. The number of aromatic amines is 1. The third kappa shape index (κ3) is 2.74. The van der Waals surface area contributed by atoms with Crippen LogP contribution in [0.4, 0.5) is 5.69 Å². The molecule has 6 heteroatoms. The van der Waals surface area contributed by atoms with Crippen LogP contribution in [0, 0.1) is 0 Å². The molecule has 0 aliphatic heterocycles. The fourth-order valence-corrected chi connectivity index (χ4v) is 2.37. The number of amides is 1. The Bertz CT molecular complexity index is 633. The molecule has 1 fully saturated rings. The van der Waals surface area contributed by atoms with E-state index in [0.29, 0.717) is 17.9 Å². The molecule has 1 saturated carbocycles. The van der Waals surface area contributed by atoms with Gasteiger partial charge in [-0.05, 0) is 31.4 Å². The fourth-order valence-electron chi connectivity index (χ4n) is 2.37. The number of nitrogen functional groups attached to an aromatic ring is 1. The molecular weight excluding hydrogens is 266 g/mol. The highest BCUT2D eigenvalue weighted by atomic mass is 16.2. The van der Waals surface area contributed by atoms with Crippen LogP contribution in [0.5, 0.6) is 0 Å². The van der Waals surface area contributed by atoms with Gasteiger partial charge in [0.25, 0.3) is 5.91 Å². The van der Waals surface area contributed by atoms with Crippen LogP contribution in [0.25, 0.3) is 0 Å². The number of hydrogen-bond donors (Lipinski definition) is 2. The van der Waals surface area contributed by atoms with E-state index in [1.165, 1.54) is 0 Å². The molecule has 3 N–H and O–H groups in total. The summed E-state index contributed by atoms with van der Waals surface area (Å²) in [5.41, 5.74) is 8.49. The first-order valence-corrected chi connectivity index (χ1v) is 7.24. The minimum absolute atomic E-state index is 0.114. The number of nitrogens with two attached hydrogens (primary N) is 1. The smallest absolute Gasteiger partial charge is 0.277 e. The molecule has 0 atom stereocenters. The zero-order chi connectivity index (χ0) is 14.8. The predicted molar refractivity (Wildman–Crippen MR) is 79.5 cm³/mol. The van der Waals surface area contributed by atoms with Gasteiger partial charge in [-0.1, -0.05) is 13.0 Å². The van der Waals surface area contributed by atoms with Crippen LogP contribution < -0.4 is 5.73 Å². The third-order valence-corrected chi connectivity index (χ3v) is 3.75. The topological polar surface area (TPSA) is 87.9 Å². The number of rotatable bonds is 5. The lowest BCUT2D eigenvalue weighted by atomic mass is 10.2. The number of H-pyrrole nitrogens is 1. The molecule has 1 aliphatic rings. The van der Waals surface area contributed by atoms with E-state index in [9.17, 15) is 4.79 Å². The van der Waals surface area contributed by atoms with Crippen LogP contribution in [0.3, 0.4) is 0 Å². The van der Waals surface area contributed by atoms with E-state index >= 15 is 0 Å². The van der Waals surface area contributed by atoms with Crippen molar-refractivity contribution in [1.82, 2.24) is 20.1 Å². The van der Waals surface area contributed by atoms with Crippen LogP contribution in [-0.4, -0.2) is 32.0 Å². The highest BCUT2D eigenvalue weighted by Crippen LogP contribution is 2.30. The molecule has 0 aromatic carbocycles. The van der Waals surface area contributed by atoms with Crippen LogP contribution in [-0.2, 0) is 13.0 Å². The predicted octanol–water partition coefficient (Wildman–Crippen LogP) is 1.75. The third-order valence-electron chi connectivity index (χ3n) is 3.75. The summed E-state index contributed by atoms with van der Waals surface area (Å²) in [5, 5.41) is 6.94. The van der Waals surface area contributed by atoms with Crippen molar-refractivity contribution in [2.24, 2.45) is 0 Å². The number of aryl methyl sites for hydroxylation is 1. The van der Waals surface area contributed by atoms with Gasteiger partial charge in [0, 0.05) is 12.2 Å². The molecule has 3 rings (SSSR count). The number of carbonyl (C=O) groups is 1. The molecule has 2 aromatic heterocycles. The highest BCUT2D eigenvalue weighted by molar-refractivity contribution is 5.98. The minimum atomic E-state index is -0.114. The van der Waals surface area contributed by atoms with Gasteiger partial charge in [0.15, 0.2) is 5.69 Å². The molecule has 0 unspecified atom stereocenters. The molecule has 0 saturated heterocycles. The fraction of sp³-hybridized carbons (Fsp3) is 0.400. The lowest BCUT2D eigenvalue weighted by Gasteiger charge is -2.21. The van der Waals surface area contributed by atoms with Crippen LogP contribution in [0.15, 0.2) is 24.4 Å². The van der Waals surface area contributed by atoms with Gasteiger partial charge in [-0.3, -0.25) is 14.9 Å². The Kier molecular flexibility index (Phi) is 3.60. The van der Waals surface area contributed by atoms with Gasteiger partial charge in [-0.2, -0.15) is 5.10 Å². The molecule has 2 aromatic rings.